The van der Waals surface area contributed by atoms with Crippen LogP contribution >= 0.6 is 0 Å². The van der Waals surface area contributed by atoms with Crippen LogP contribution in [0.15, 0.2) is 34.9 Å². The molecule has 1 aliphatic rings. The van der Waals surface area contributed by atoms with Crippen LogP contribution in [0.25, 0.3) is 0 Å². The Labute approximate surface area is 163 Å². The maximum Gasteiger partial charge on any atom is 0.251 e. The second-order valence-corrected chi connectivity index (χ2v) is 7.91. The van der Waals surface area contributed by atoms with Gasteiger partial charge < -0.3 is 25.2 Å². The number of hydrogen-bond acceptors (Lipinski definition) is 6. The van der Waals surface area contributed by atoms with Gasteiger partial charge in [-0.3, -0.25) is 9.59 Å². The molecule has 2 amide bonds. The van der Waals surface area contributed by atoms with Crippen LogP contribution in [0, 0.1) is 0 Å². The maximum absolute atomic E-state index is 12.5. The second kappa shape index (κ2) is 7.63. The molecule has 2 heterocycles. The topological polar surface area (TPSA) is 108 Å². The smallest absolute Gasteiger partial charge is 0.251 e. The highest BCUT2D eigenvalue weighted by atomic mass is 16.5. The summed E-state index contributed by atoms with van der Waals surface area (Å²) in [6.45, 7) is 6.01. The number of amides is 2. The van der Waals surface area contributed by atoms with Gasteiger partial charge in [-0.25, -0.2) is 0 Å². The van der Waals surface area contributed by atoms with Crippen molar-refractivity contribution in [3.8, 4) is 0 Å². The van der Waals surface area contributed by atoms with E-state index in [9.17, 15) is 14.7 Å². The minimum Gasteiger partial charge on any atom is -0.372 e. The third-order valence-electron chi connectivity index (χ3n) is 4.78. The van der Waals surface area contributed by atoms with E-state index in [1.165, 1.54) is 4.90 Å². The molecule has 8 heteroatoms. The molecule has 8 nitrogen and oxygen atoms in total. The van der Waals surface area contributed by atoms with Gasteiger partial charge in [0.25, 0.3) is 5.91 Å². The molecule has 1 fully saturated rings. The average Bonchev–Trinajstić information content (AvgIpc) is 3.27. The van der Waals surface area contributed by atoms with E-state index in [2.05, 4.69) is 15.8 Å². The van der Waals surface area contributed by atoms with Crippen LogP contribution < -0.4 is 15.5 Å². The van der Waals surface area contributed by atoms with Crippen molar-refractivity contribution >= 4 is 23.3 Å². The molecule has 2 atom stereocenters. The molecule has 3 N–H and O–H groups in total. The molecule has 1 aromatic heterocycles. The average molecular weight is 386 g/mol. The fourth-order valence-corrected chi connectivity index (χ4v) is 3.23. The van der Waals surface area contributed by atoms with Gasteiger partial charge in [0.2, 0.25) is 5.91 Å². The lowest BCUT2D eigenvalue weighted by atomic mass is 9.93. The molecule has 2 aromatic rings. The van der Waals surface area contributed by atoms with Crippen LogP contribution in [0.3, 0.4) is 0 Å². The fourth-order valence-electron chi connectivity index (χ4n) is 3.23. The molecule has 0 aliphatic carbocycles. The highest BCUT2D eigenvalue weighted by molar-refractivity contribution is 5.99. The summed E-state index contributed by atoms with van der Waals surface area (Å²) in [6.07, 6.45) is -0.228. The van der Waals surface area contributed by atoms with Crippen molar-refractivity contribution < 1.29 is 19.2 Å². The first-order chi connectivity index (χ1) is 13.2. The molecule has 3 rings (SSSR count). The summed E-state index contributed by atoms with van der Waals surface area (Å²) >= 11 is 0. The van der Waals surface area contributed by atoms with Gasteiger partial charge in [0.1, 0.15) is 12.0 Å². The lowest BCUT2D eigenvalue weighted by Gasteiger charge is -2.29. The van der Waals surface area contributed by atoms with Gasteiger partial charge in [0, 0.05) is 36.2 Å². The molecule has 28 heavy (non-hydrogen) atoms. The zero-order chi connectivity index (χ0) is 20.5. The van der Waals surface area contributed by atoms with Crippen molar-refractivity contribution in [2.24, 2.45) is 0 Å². The van der Waals surface area contributed by atoms with E-state index in [1.807, 2.05) is 20.8 Å². The largest absolute Gasteiger partial charge is 0.372 e. The van der Waals surface area contributed by atoms with E-state index in [-0.39, 0.29) is 17.2 Å². The molecule has 0 spiro atoms. The van der Waals surface area contributed by atoms with E-state index in [0.717, 1.165) is 0 Å². The van der Waals surface area contributed by atoms with Crippen molar-refractivity contribution in [2.45, 2.75) is 51.3 Å². The summed E-state index contributed by atoms with van der Waals surface area (Å²) in [4.78, 5) is 25.9. The van der Waals surface area contributed by atoms with Crippen molar-refractivity contribution in [2.75, 3.05) is 17.3 Å². The zero-order valence-electron chi connectivity index (χ0n) is 16.5. The Bertz CT molecular complexity index is 871. The van der Waals surface area contributed by atoms with E-state index in [0.29, 0.717) is 35.7 Å². The van der Waals surface area contributed by atoms with Crippen LogP contribution in [0.1, 0.15) is 49.7 Å². The van der Waals surface area contributed by atoms with Crippen LogP contribution in [0.2, 0.25) is 0 Å². The minimum atomic E-state index is -1.03. The molecule has 1 aromatic carbocycles. The fraction of sp³-hybridized carbons (Fsp3) is 0.450. The van der Waals surface area contributed by atoms with Gasteiger partial charge >= 0.3 is 0 Å². The summed E-state index contributed by atoms with van der Waals surface area (Å²) in [5.74, 6) is 0.770. The Hall–Kier alpha value is -2.87. The Morgan fingerprint density at radius 3 is 2.75 bits per heavy atom. The molecule has 1 saturated heterocycles. The molecule has 1 aliphatic heterocycles. The van der Waals surface area contributed by atoms with Gasteiger partial charge in [0.15, 0.2) is 5.82 Å². The number of carbonyl (C=O) groups excluding carboxylic acids is 2. The maximum atomic E-state index is 12.5. The van der Waals surface area contributed by atoms with Gasteiger partial charge in [-0.15, -0.1) is 0 Å². The molecular weight excluding hydrogens is 360 g/mol. The van der Waals surface area contributed by atoms with Gasteiger partial charge in [-0.1, -0.05) is 32.0 Å². The minimum absolute atomic E-state index is 0.101. The summed E-state index contributed by atoms with van der Waals surface area (Å²) in [7, 11) is 1.55. The van der Waals surface area contributed by atoms with E-state index in [1.54, 1.807) is 37.4 Å². The highest BCUT2D eigenvalue weighted by Gasteiger charge is 2.37. The number of rotatable bonds is 5. The zero-order valence-corrected chi connectivity index (χ0v) is 16.5. The molecular formula is C20H26N4O4. The standard InChI is InChI=1S/C20H26N4O4/c1-20(2,3)15-11-16(23-28-15)22-19(27)14-8-9-17(25)24(14)13-7-5-6-12(10-13)18(26)21-4/h5-7,10-11,14,19,27H,8-9H2,1-4H3,(H,21,26)(H,22,23). The molecule has 0 saturated carbocycles. The Morgan fingerprint density at radius 2 is 2.11 bits per heavy atom. The van der Waals surface area contributed by atoms with Gasteiger partial charge in [0.05, 0.1) is 6.04 Å². The summed E-state index contributed by atoms with van der Waals surface area (Å²) < 4.78 is 5.33. The molecule has 2 unspecified atom stereocenters. The highest BCUT2D eigenvalue weighted by Crippen LogP contribution is 2.30. The SMILES string of the molecule is CNC(=O)c1cccc(N2C(=O)CCC2C(O)Nc2cc(C(C)(C)C)on2)c1. The van der Waals surface area contributed by atoms with E-state index in [4.69, 9.17) is 4.52 Å². The first kappa shape index (κ1) is 19.9. The van der Waals surface area contributed by atoms with Gasteiger partial charge in [-0.05, 0) is 24.6 Å². The number of hydrogen-bond donors (Lipinski definition) is 3. The third-order valence-corrected chi connectivity index (χ3v) is 4.78. The number of aliphatic hydroxyl groups excluding tert-OH is 1. The molecule has 0 bridgehead atoms. The van der Waals surface area contributed by atoms with Crippen molar-refractivity contribution in [3.63, 3.8) is 0 Å². The number of anilines is 2. The summed E-state index contributed by atoms with van der Waals surface area (Å²) in [6, 6.07) is 8.06. The Morgan fingerprint density at radius 1 is 1.36 bits per heavy atom. The van der Waals surface area contributed by atoms with E-state index < -0.39 is 12.3 Å². The quantitative estimate of drug-likeness (QED) is 0.681. The van der Waals surface area contributed by atoms with Crippen molar-refractivity contribution in [1.29, 1.82) is 0 Å². The van der Waals surface area contributed by atoms with Crippen LogP contribution in [-0.2, 0) is 10.2 Å². The summed E-state index contributed by atoms with van der Waals surface area (Å²) in [5, 5.41) is 20.2. The van der Waals surface area contributed by atoms with Crippen LogP contribution in [0.4, 0.5) is 11.5 Å². The van der Waals surface area contributed by atoms with Crippen molar-refractivity contribution in [3.05, 3.63) is 41.7 Å². The molecule has 150 valence electrons. The van der Waals surface area contributed by atoms with Crippen LogP contribution in [0.5, 0.6) is 0 Å². The Kier molecular flexibility index (Phi) is 5.42. The number of aromatic nitrogens is 1. The summed E-state index contributed by atoms with van der Waals surface area (Å²) in [5.41, 5.74) is 0.824. The first-order valence-electron chi connectivity index (χ1n) is 9.26. The second-order valence-electron chi connectivity index (χ2n) is 7.91. The predicted octanol–water partition coefficient (Wildman–Crippen LogP) is 2.26. The number of nitrogens with one attached hydrogen (secondary N) is 2. The first-order valence-corrected chi connectivity index (χ1v) is 9.26. The lowest BCUT2D eigenvalue weighted by molar-refractivity contribution is -0.117. The lowest BCUT2D eigenvalue weighted by Crippen LogP contribution is -2.45. The van der Waals surface area contributed by atoms with Gasteiger partial charge in [-0.2, -0.15) is 0 Å². The van der Waals surface area contributed by atoms with Crippen LogP contribution in [-0.4, -0.2) is 41.4 Å². The monoisotopic (exact) mass is 386 g/mol. The number of aliphatic hydroxyl groups is 1. The number of benzene rings is 1. The third kappa shape index (κ3) is 4.01. The van der Waals surface area contributed by atoms with Crippen molar-refractivity contribution in [1.82, 2.24) is 10.5 Å². The predicted molar refractivity (Wildman–Crippen MR) is 105 cm³/mol. The van der Waals surface area contributed by atoms with E-state index >= 15 is 0 Å². The molecule has 0 radical (unpaired) electrons. The number of nitrogens with zero attached hydrogens (tertiary/aromatic N) is 2. The number of carbonyl (C=O) groups is 2. The normalized spacial score (nSPS) is 18.2. The Balaban J connectivity index is 1.80.